The number of nitrogens with one attached hydrogen (secondary N) is 2. The van der Waals surface area contributed by atoms with Crippen LogP contribution < -0.4 is 5.32 Å². The van der Waals surface area contributed by atoms with E-state index in [-0.39, 0.29) is 42.4 Å². The fraction of sp³-hybridized carbons (Fsp3) is 0.300. The number of amides is 1. The Morgan fingerprint density at radius 3 is 2.67 bits per heavy atom. The molecule has 30 heavy (non-hydrogen) atoms. The summed E-state index contributed by atoms with van der Waals surface area (Å²) >= 11 is 0. The molecule has 3 aromatic rings. The lowest BCUT2D eigenvalue weighted by molar-refractivity contribution is -0.126. The maximum Gasteiger partial charge on any atom is 0.276 e. The van der Waals surface area contributed by atoms with Crippen molar-refractivity contribution < 1.29 is 22.0 Å². The summed E-state index contributed by atoms with van der Waals surface area (Å²) in [4.78, 5) is 12.4. The summed E-state index contributed by atoms with van der Waals surface area (Å²) in [5.74, 6) is -0.504. The number of H-pyrrole nitrogens is 1. The highest BCUT2D eigenvalue weighted by molar-refractivity contribution is 7.89. The van der Waals surface area contributed by atoms with Gasteiger partial charge in [-0.15, -0.1) is 0 Å². The number of carbonyl (C=O) groups is 1. The number of aromatic nitrogens is 2. The van der Waals surface area contributed by atoms with Gasteiger partial charge in [0.15, 0.2) is 5.76 Å². The quantitative estimate of drug-likeness (QED) is 0.622. The van der Waals surface area contributed by atoms with Gasteiger partial charge in [-0.3, -0.25) is 9.89 Å². The van der Waals surface area contributed by atoms with E-state index in [2.05, 4.69) is 15.5 Å². The number of hydrogen-bond acceptors (Lipinski definition) is 5. The fourth-order valence-corrected chi connectivity index (χ4v) is 4.83. The van der Waals surface area contributed by atoms with Crippen LogP contribution in [0.15, 0.2) is 58.2 Å². The molecule has 1 aliphatic rings. The van der Waals surface area contributed by atoms with Crippen LogP contribution in [0.2, 0.25) is 0 Å². The number of carbonyl (C=O) groups excluding carboxylic acids is 1. The number of rotatable bonds is 6. The van der Waals surface area contributed by atoms with Crippen molar-refractivity contribution in [2.45, 2.75) is 24.5 Å². The van der Waals surface area contributed by atoms with Gasteiger partial charge in [0.2, 0.25) is 11.0 Å². The van der Waals surface area contributed by atoms with Gasteiger partial charge in [0.05, 0.1) is 0 Å². The summed E-state index contributed by atoms with van der Waals surface area (Å²) in [6, 6.07) is 10.9. The van der Waals surface area contributed by atoms with E-state index in [0.717, 1.165) is 0 Å². The van der Waals surface area contributed by atoms with Crippen LogP contribution in [0.5, 0.6) is 0 Å². The van der Waals surface area contributed by atoms with E-state index in [4.69, 9.17) is 4.42 Å². The maximum atomic E-state index is 13.7. The zero-order chi connectivity index (χ0) is 21.1. The first-order chi connectivity index (χ1) is 14.4. The van der Waals surface area contributed by atoms with Crippen LogP contribution >= 0.6 is 0 Å². The van der Waals surface area contributed by atoms with Gasteiger partial charge in [-0.05, 0) is 37.1 Å². The van der Waals surface area contributed by atoms with Crippen molar-refractivity contribution in [1.29, 1.82) is 0 Å². The normalized spacial score (nSPS) is 15.9. The Kier molecular flexibility index (Phi) is 5.69. The average molecular weight is 432 g/mol. The minimum Gasteiger partial charge on any atom is -0.442 e. The zero-order valence-corrected chi connectivity index (χ0v) is 16.9. The lowest BCUT2D eigenvalue weighted by atomic mass is 9.97. The first kappa shape index (κ1) is 20.3. The first-order valence-electron chi connectivity index (χ1n) is 9.56. The number of sulfonamides is 1. The van der Waals surface area contributed by atoms with Crippen LogP contribution in [0.3, 0.4) is 0 Å². The highest BCUT2D eigenvalue weighted by Gasteiger charge is 2.34. The Hall–Kier alpha value is -2.98. The molecule has 0 bridgehead atoms. The van der Waals surface area contributed by atoms with Gasteiger partial charge in [-0.2, -0.15) is 9.40 Å². The standard InChI is InChI=1S/C20H21FN4O4S/c21-16-4-2-1-3-15(16)13-22-20(26)14-8-11-25(12-9-14)30(27,28)19-6-5-18(29-19)17-7-10-23-24-17/h1-7,10,14H,8-9,11-13H2,(H,22,26)(H,23,24). The molecular formula is C20H21FN4O4S. The van der Waals surface area contributed by atoms with Crippen molar-refractivity contribution >= 4 is 15.9 Å². The molecule has 2 aromatic heterocycles. The molecule has 1 amide bonds. The van der Waals surface area contributed by atoms with E-state index in [0.29, 0.717) is 29.9 Å². The molecule has 1 fully saturated rings. The van der Waals surface area contributed by atoms with Crippen molar-refractivity contribution in [1.82, 2.24) is 19.8 Å². The minimum absolute atomic E-state index is 0.104. The summed E-state index contributed by atoms with van der Waals surface area (Å²) < 4.78 is 46.2. The Balaban J connectivity index is 1.34. The van der Waals surface area contributed by atoms with Gasteiger partial charge in [0.25, 0.3) is 10.0 Å². The van der Waals surface area contributed by atoms with Gasteiger partial charge in [-0.1, -0.05) is 18.2 Å². The molecule has 0 aliphatic carbocycles. The lowest BCUT2D eigenvalue weighted by Crippen LogP contribution is -2.42. The molecule has 4 rings (SSSR count). The Bertz CT molecular complexity index is 1120. The van der Waals surface area contributed by atoms with Gasteiger partial charge < -0.3 is 9.73 Å². The van der Waals surface area contributed by atoms with Crippen molar-refractivity contribution in [2.75, 3.05) is 13.1 Å². The summed E-state index contributed by atoms with van der Waals surface area (Å²) in [6.45, 7) is 0.521. The Morgan fingerprint density at radius 2 is 1.97 bits per heavy atom. The summed E-state index contributed by atoms with van der Waals surface area (Å²) in [5.41, 5.74) is 0.999. The van der Waals surface area contributed by atoms with Crippen molar-refractivity contribution in [3.8, 4) is 11.5 Å². The smallest absolute Gasteiger partial charge is 0.276 e. The van der Waals surface area contributed by atoms with Crippen LogP contribution in [0.1, 0.15) is 18.4 Å². The van der Waals surface area contributed by atoms with E-state index < -0.39 is 10.0 Å². The van der Waals surface area contributed by atoms with E-state index in [9.17, 15) is 17.6 Å². The largest absolute Gasteiger partial charge is 0.442 e. The molecule has 0 spiro atoms. The van der Waals surface area contributed by atoms with E-state index >= 15 is 0 Å². The molecule has 0 radical (unpaired) electrons. The van der Waals surface area contributed by atoms with Crippen LogP contribution in [-0.2, 0) is 21.4 Å². The lowest BCUT2D eigenvalue weighted by Gasteiger charge is -2.29. The van der Waals surface area contributed by atoms with Gasteiger partial charge >= 0.3 is 0 Å². The van der Waals surface area contributed by atoms with Crippen LogP contribution in [-0.4, -0.2) is 41.9 Å². The number of aromatic amines is 1. The molecule has 10 heteroatoms. The summed E-state index contributed by atoms with van der Waals surface area (Å²) in [6.07, 6.45) is 2.32. The van der Waals surface area contributed by atoms with Crippen LogP contribution in [0, 0.1) is 11.7 Å². The first-order valence-corrected chi connectivity index (χ1v) is 11.0. The monoisotopic (exact) mass is 432 g/mol. The summed E-state index contributed by atoms with van der Waals surface area (Å²) in [7, 11) is -3.79. The minimum atomic E-state index is -3.79. The second-order valence-corrected chi connectivity index (χ2v) is 8.95. The third-order valence-corrected chi connectivity index (χ3v) is 6.95. The number of halogens is 1. The van der Waals surface area contributed by atoms with Crippen molar-refractivity contribution in [2.24, 2.45) is 5.92 Å². The van der Waals surface area contributed by atoms with E-state index in [1.165, 1.54) is 16.4 Å². The Labute approximate surface area is 173 Å². The molecule has 0 unspecified atom stereocenters. The predicted octanol–water partition coefficient (Wildman–Crippen LogP) is 2.53. The number of furan rings is 1. The van der Waals surface area contributed by atoms with Gasteiger partial charge in [0.1, 0.15) is 11.5 Å². The molecule has 3 heterocycles. The number of nitrogens with zero attached hydrogens (tertiary/aromatic N) is 2. The molecule has 1 aliphatic heterocycles. The predicted molar refractivity (Wildman–Crippen MR) is 106 cm³/mol. The second kappa shape index (κ2) is 8.41. The third kappa shape index (κ3) is 4.14. The van der Waals surface area contributed by atoms with E-state index in [1.807, 2.05) is 0 Å². The van der Waals surface area contributed by atoms with Gasteiger partial charge in [-0.25, -0.2) is 12.8 Å². The molecule has 2 N–H and O–H groups in total. The SMILES string of the molecule is O=C(NCc1ccccc1F)C1CCN(S(=O)(=O)c2ccc(-c3ccn[nH]3)o2)CC1. The second-order valence-electron chi connectivity index (χ2n) is 7.08. The highest BCUT2D eigenvalue weighted by Crippen LogP contribution is 2.28. The fourth-order valence-electron chi connectivity index (χ4n) is 3.45. The summed E-state index contributed by atoms with van der Waals surface area (Å²) in [5, 5.41) is 9.14. The molecule has 158 valence electrons. The topological polar surface area (TPSA) is 108 Å². The molecular weight excluding hydrogens is 411 g/mol. The Morgan fingerprint density at radius 1 is 1.20 bits per heavy atom. The molecule has 0 saturated carbocycles. The molecule has 8 nitrogen and oxygen atoms in total. The maximum absolute atomic E-state index is 13.7. The van der Waals surface area contributed by atoms with Crippen LogP contribution in [0.25, 0.3) is 11.5 Å². The van der Waals surface area contributed by atoms with Crippen molar-refractivity contribution in [3.05, 3.63) is 60.0 Å². The van der Waals surface area contributed by atoms with E-state index in [1.54, 1.807) is 36.5 Å². The van der Waals surface area contributed by atoms with Gasteiger partial charge in [0, 0.05) is 37.3 Å². The number of benzene rings is 1. The average Bonchev–Trinajstić information content (AvgIpc) is 3.45. The molecule has 0 atom stereocenters. The number of piperidine rings is 1. The number of hydrogen-bond donors (Lipinski definition) is 2. The molecule has 1 aromatic carbocycles. The van der Waals surface area contributed by atoms with Crippen molar-refractivity contribution in [3.63, 3.8) is 0 Å². The highest BCUT2D eigenvalue weighted by atomic mass is 32.2. The molecule has 1 saturated heterocycles. The van der Waals surface area contributed by atoms with Crippen LogP contribution in [0.4, 0.5) is 4.39 Å². The third-order valence-electron chi connectivity index (χ3n) is 5.18. The zero-order valence-electron chi connectivity index (χ0n) is 16.0.